The Bertz CT molecular complexity index is 1030. The van der Waals surface area contributed by atoms with Crippen molar-refractivity contribution in [2.75, 3.05) is 46.5 Å². The predicted molar refractivity (Wildman–Crippen MR) is 116 cm³/mol. The van der Waals surface area contributed by atoms with Crippen LogP contribution < -0.4 is 4.74 Å². The first kappa shape index (κ1) is 22.0. The first-order valence-corrected chi connectivity index (χ1v) is 10.5. The number of hydrogen-bond donors (Lipinski definition) is 1. The van der Waals surface area contributed by atoms with Crippen LogP contribution in [0.15, 0.2) is 54.1 Å². The Kier molecular flexibility index (Phi) is 6.53. The molecule has 2 aromatic carbocycles. The number of carbonyl (C=O) groups is 2. The zero-order valence-electron chi connectivity index (χ0n) is 17.8. The molecule has 4 rings (SSSR count). The molecule has 168 valence electrons. The summed E-state index contributed by atoms with van der Waals surface area (Å²) in [6.07, 6.45) is 0. The molecule has 0 aliphatic carbocycles. The molecule has 2 heterocycles. The Balaban J connectivity index is 1.73. The Morgan fingerprint density at radius 1 is 1.12 bits per heavy atom. The SMILES string of the molecule is COc1ccc(C(O)=C2C(=O)C(=O)N(CCN3CCOCC3)[C@@H]2c2cccc(F)c2)cc1. The number of ketones is 1. The Morgan fingerprint density at radius 3 is 2.50 bits per heavy atom. The van der Waals surface area contributed by atoms with Crippen molar-refractivity contribution in [3.63, 3.8) is 0 Å². The highest BCUT2D eigenvalue weighted by Crippen LogP contribution is 2.39. The van der Waals surface area contributed by atoms with Gasteiger partial charge in [0.15, 0.2) is 0 Å². The zero-order chi connectivity index (χ0) is 22.7. The van der Waals surface area contributed by atoms with E-state index in [-0.39, 0.29) is 17.9 Å². The van der Waals surface area contributed by atoms with Gasteiger partial charge in [-0.25, -0.2) is 4.39 Å². The van der Waals surface area contributed by atoms with Gasteiger partial charge in [-0.15, -0.1) is 0 Å². The highest BCUT2D eigenvalue weighted by atomic mass is 19.1. The van der Waals surface area contributed by atoms with Crippen molar-refractivity contribution in [2.24, 2.45) is 0 Å². The van der Waals surface area contributed by atoms with Gasteiger partial charge in [-0.05, 0) is 42.0 Å². The lowest BCUT2D eigenvalue weighted by molar-refractivity contribution is -0.140. The van der Waals surface area contributed by atoms with Crippen LogP contribution in [0, 0.1) is 5.82 Å². The van der Waals surface area contributed by atoms with Gasteiger partial charge in [0.2, 0.25) is 0 Å². The highest BCUT2D eigenvalue weighted by Gasteiger charge is 2.46. The van der Waals surface area contributed by atoms with Crippen LogP contribution in [0.5, 0.6) is 5.75 Å². The van der Waals surface area contributed by atoms with Crippen molar-refractivity contribution < 1.29 is 28.6 Å². The van der Waals surface area contributed by atoms with Crippen LogP contribution in [0.4, 0.5) is 4.39 Å². The second kappa shape index (κ2) is 9.50. The third-order valence-corrected chi connectivity index (χ3v) is 5.83. The average molecular weight is 440 g/mol. The fraction of sp³-hybridized carbons (Fsp3) is 0.333. The molecule has 0 aromatic heterocycles. The summed E-state index contributed by atoms with van der Waals surface area (Å²) in [5.74, 6) is -1.67. The van der Waals surface area contributed by atoms with E-state index in [0.29, 0.717) is 36.6 Å². The summed E-state index contributed by atoms with van der Waals surface area (Å²) in [6, 6.07) is 11.4. The fourth-order valence-corrected chi connectivity index (χ4v) is 4.11. The molecule has 2 aromatic rings. The Morgan fingerprint density at radius 2 is 1.84 bits per heavy atom. The van der Waals surface area contributed by atoms with Gasteiger partial charge in [-0.3, -0.25) is 14.5 Å². The van der Waals surface area contributed by atoms with E-state index in [0.717, 1.165) is 13.1 Å². The predicted octanol–water partition coefficient (Wildman–Crippen LogP) is 2.59. The third kappa shape index (κ3) is 4.37. The van der Waals surface area contributed by atoms with Gasteiger partial charge in [-0.1, -0.05) is 12.1 Å². The minimum Gasteiger partial charge on any atom is -0.507 e. The van der Waals surface area contributed by atoms with Crippen molar-refractivity contribution in [3.05, 3.63) is 71.0 Å². The van der Waals surface area contributed by atoms with Crippen molar-refractivity contribution in [1.29, 1.82) is 0 Å². The molecule has 8 heteroatoms. The van der Waals surface area contributed by atoms with Crippen LogP contribution in [0.2, 0.25) is 0 Å². The number of nitrogens with zero attached hydrogens (tertiary/aromatic N) is 2. The third-order valence-electron chi connectivity index (χ3n) is 5.83. The lowest BCUT2D eigenvalue weighted by Gasteiger charge is -2.31. The minimum absolute atomic E-state index is 0.0484. The summed E-state index contributed by atoms with van der Waals surface area (Å²) in [4.78, 5) is 29.5. The normalized spacial score (nSPS) is 21.2. The number of morpholine rings is 1. The van der Waals surface area contributed by atoms with Gasteiger partial charge in [-0.2, -0.15) is 0 Å². The first-order chi connectivity index (χ1) is 15.5. The van der Waals surface area contributed by atoms with E-state index in [4.69, 9.17) is 9.47 Å². The number of ether oxygens (including phenoxy) is 2. The van der Waals surface area contributed by atoms with Crippen molar-refractivity contribution in [3.8, 4) is 5.75 Å². The summed E-state index contributed by atoms with van der Waals surface area (Å²) in [5, 5.41) is 11.0. The summed E-state index contributed by atoms with van der Waals surface area (Å²) in [7, 11) is 1.53. The molecule has 2 aliphatic heterocycles. The molecule has 2 saturated heterocycles. The van der Waals surface area contributed by atoms with Gasteiger partial charge in [0.1, 0.15) is 17.3 Å². The van der Waals surface area contributed by atoms with E-state index in [1.54, 1.807) is 30.3 Å². The molecule has 1 amide bonds. The molecule has 2 aliphatic rings. The molecule has 7 nitrogen and oxygen atoms in total. The van der Waals surface area contributed by atoms with E-state index < -0.39 is 23.5 Å². The van der Waals surface area contributed by atoms with Crippen molar-refractivity contribution in [1.82, 2.24) is 9.80 Å². The molecule has 0 radical (unpaired) electrons. The largest absolute Gasteiger partial charge is 0.507 e. The highest BCUT2D eigenvalue weighted by molar-refractivity contribution is 6.46. The topological polar surface area (TPSA) is 79.3 Å². The second-order valence-corrected chi connectivity index (χ2v) is 7.73. The van der Waals surface area contributed by atoms with E-state index in [9.17, 15) is 19.1 Å². The number of rotatable bonds is 6. The molecular formula is C24H25FN2O5. The minimum atomic E-state index is -0.881. The molecule has 1 N–H and O–H groups in total. The van der Waals surface area contributed by atoms with Crippen molar-refractivity contribution in [2.45, 2.75) is 6.04 Å². The van der Waals surface area contributed by atoms with E-state index >= 15 is 0 Å². The summed E-state index contributed by atoms with van der Waals surface area (Å²) >= 11 is 0. The maximum atomic E-state index is 14.1. The molecule has 0 unspecified atom stereocenters. The maximum Gasteiger partial charge on any atom is 0.295 e. The Labute approximate surface area is 185 Å². The number of aliphatic hydroxyl groups is 1. The number of benzene rings is 2. The lowest BCUT2D eigenvalue weighted by Crippen LogP contribution is -2.42. The molecule has 0 spiro atoms. The van der Waals surface area contributed by atoms with Crippen LogP contribution in [-0.2, 0) is 14.3 Å². The number of halogens is 1. The summed E-state index contributed by atoms with van der Waals surface area (Å²) in [6.45, 7) is 3.52. The molecule has 2 fully saturated rings. The molecule has 0 bridgehead atoms. The average Bonchev–Trinajstić information content (AvgIpc) is 3.08. The first-order valence-electron chi connectivity index (χ1n) is 10.5. The standard InChI is InChI=1S/C24H25FN2O5/c1-31-19-7-5-16(6-8-19)22(28)20-21(17-3-2-4-18(25)15-17)27(24(30)23(20)29)10-9-26-11-13-32-14-12-26/h2-8,15,21,28H,9-14H2,1H3/t21-/m1/s1. The number of amides is 1. The number of hydrogen-bond acceptors (Lipinski definition) is 6. The van der Waals surface area contributed by atoms with Gasteiger partial charge in [0.05, 0.1) is 31.9 Å². The lowest BCUT2D eigenvalue weighted by atomic mass is 9.95. The number of methoxy groups -OCH3 is 1. The van der Waals surface area contributed by atoms with E-state index in [2.05, 4.69) is 4.90 Å². The van der Waals surface area contributed by atoms with E-state index in [1.165, 1.54) is 30.2 Å². The molecule has 32 heavy (non-hydrogen) atoms. The van der Waals surface area contributed by atoms with Crippen LogP contribution in [0.1, 0.15) is 17.2 Å². The number of Topliss-reactive ketones (excluding diaryl/α,β-unsaturated/α-hetero) is 1. The van der Waals surface area contributed by atoms with Crippen LogP contribution >= 0.6 is 0 Å². The quantitative estimate of drug-likeness (QED) is 0.423. The fourth-order valence-electron chi connectivity index (χ4n) is 4.11. The molecule has 0 saturated carbocycles. The number of likely N-dealkylation sites (tertiary alicyclic amines) is 1. The second-order valence-electron chi connectivity index (χ2n) is 7.73. The van der Waals surface area contributed by atoms with Gasteiger partial charge in [0.25, 0.3) is 11.7 Å². The van der Waals surface area contributed by atoms with Crippen LogP contribution in [-0.4, -0.2) is 73.1 Å². The van der Waals surface area contributed by atoms with E-state index in [1.807, 2.05) is 0 Å². The molecule has 1 atom stereocenters. The van der Waals surface area contributed by atoms with Gasteiger partial charge < -0.3 is 19.5 Å². The zero-order valence-corrected chi connectivity index (χ0v) is 17.8. The van der Waals surface area contributed by atoms with Crippen LogP contribution in [0.3, 0.4) is 0 Å². The number of carbonyl (C=O) groups excluding carboxylic acids is 2. The maximum absolute atomic E-state index is 14.1. The summed E-state index contributed by atoms with van der Waals surface area (Å²) < 4.78 is 24.6. The number of aliphatic hydroxyl groups excluding tert-OH is 1. The Hall–Kier alpha value is -3.23. The monoisotopic (exact) mass is 440 g/mol. The smallest absolute Gasteiger partial charge is 0.295 e. The van der Waals surface area contributed by atoms with Gasteiger partial charge >= 0.3 is 0 Å². The summed E-state index contributed by atoms with van der Waals surface area (Å²) in [5.41, 5.74) is 0.757. The van der Waals surface area contributed by atoms with Crippen molar-refractivity contribution >= 4 is 17.4 Å². The van der Waals surface area contributed by atoms with Crippen LogP contribution in [0.25, 0.3) is 5.76 Å². The van der Waals surface area contributed by atoms with Gasteiger partial charge in [0, 0.05) is 31.7 Å². The molecular weight excluding hydrogens is 415 g/mol.